The van der Waals surface area contributed by atoms with E-state index in [0.29, 0.717) is 6.61 Å². The van der Waals surface area contributed by atoms with Gasteiger partial charge in [-0.15, -0.1) is 0 Å². The fourth-order valence-corrected chi connectivity index (χ4v) is 1.95. The maximum atomic E-state index is 5.86. The average molecular weight is 270 g/mol. The molecule has 0 aliphatic rings. The lowest BCUT2D eigenvalue weighted by Gasteiger charge is -2.13. The van der Waals surface area contributed by atoms with E-state index in [2.05, 4.69) is 42.3 Å². The smallest absolute Gasteiger partial charge is 0.0896 e. The predicted molar refractivity (Wildman–Crippen MR) is 81.3 cm³/mol. The minimum atomic E-state index is 0.0828. The Balaban J connectivity index is 1.84. The van der Waals surface area contributed by atoms with Gasteiger partial charge in [0.2, 0.25) is 0 Å². The molecule has 3 heteroatoms. The normalized spacial score (nSPS) is 12.3. The maximum Gasteiger partial charge on any atom is 0.0896 e. The minimum Gasteiger partial charge on any atom is -0.368 e. The van der Waals surface area contributed by atoms with E-state index >= 15 is 0 Å². The zero-order valence-electron chi connectivity index (χ0n) is 12.2. The number of rotatable bonds is 7. The molecule has 0 amide bonds. The third-order valence-corrected chi connectivity index (χ3v) is 3.22. The monoisotopic (exact) mass is 270 g/mol. The number of aromatic nitrogens is 1. The number of pyridine rings is 1. The van der Waals surface area contributed by atoms with E-state index < -0.39 is 0 Å². The summed E-state index contributed by atoms with van der Waals surface area (Å²) in [5.41, 5.74) is 3.36. The van der Waals surface area contributed by atoms with E-state index in [4.69, 9.17) is 4.74 Å². The molecule has 20 heavy (non-hydrogen) atoms. The molecule has 1 heterocycles. The van der Waals surface area contributed by atoms with Crippen LogP contribution in [0.5, 0.6) is 0 Å². The van der Waals surface area contributed by atoms with Crippen molar-refractivity contribution in [2.75, 3.05) is 6.54 Å². The summed E-state index contributed by atoms with van der Waals surface area (Å²) in [4.78, 5) is 4.43. The van der Waals surface area contributed by atoms with Crippen molar-refractivity contribution in [1.82, 2.24) is 10.3 Å². The molecule has 0 saturated heterocycles. The Hall–Kier alpha value is -1.71. The van der Waals surface area contributed by atoms with Crippen LogP contribution in [0.4, 0.5) is 0 Å². The van der Waals surface area contributed by atoms with Crippen molar-refractivity contribution in [2.24, 2.45) is 0 Å². The molecule has 106 valence electrons. The zero-order valence-corrected chi connectivity index (χ0v) is 12.2. The summed E-state index contributed by atoms with van der Waals surface area (Å²) in [5, 5.41) is 3.28. The Morgan fingerprint density at radius 2 is 1.95 bits per heavy atom. The zero-order chi connectivity index (χ0) is 14.2. The second-order valence-corrected chi connectivity index (χ2v) is 4.80. The Labute approximate surface area is 121 Å². The quantitative estimate of drug-likeness (QED) is 0.836. The molecule has 0 aliphatic heterocycles. The lowest BCUT2D eigenvalue weighted by atomic mass is 10.1. The van der Waals surface area contributed by atoms with Gasteiger partial charge in [-0.1, -0.05) is 43.3 Å². The van der Waals surface area contributed by atoms with Crippen molar-refractivity contribution in [2.45, 2.75) is 33.1 Å². The predicted octanol–water partition coefficient (Wildman–Crippen LogP) is 3.47. The molecule has 2 aromatic rings. The molecular weight excluding hydrogens is 248 g/mol. The molecule has 0 radical (unpaired) electrons. The topological polar surface area (TPSA) is 34.1 Å². The van der Waals surface area contributed by atoms with Gasteiger partial charge in [0, 0.05) is 12.7 Å². The van der Waals surface area contributed by atoms with Gasteiger partial charge in [-0.05, 0) is 30.7 Å². The molecule has 1 aromatic carbocycles. The highest BCUT2D eigenvalue weighted by Gasteiger charge is 2.05. The van der Waals surface area contributed by atoms with Gasteiger partial charge in [0.1, 0.15) is 0 Å². The molecule has 0 bridgehead atoms. The molecule has 0 aliphatic carbocycles. The number of hydrogen-bond acceptors (Lipinski definition) is 3. The first-order chi connectivity index (χ1) is 9.79. The molecule has 1 aromatic heterocycles. The van der Waals surface area contributed by atoms with Gasteiger partial charge in [-0.25, -0.2) is 0 Å². The van der Waals surface area contributed by atoms with E-state index in [1.807, 2.05) is 30.5 Å². The van der Waals surface area contributed by atoms with Crippen LogP contribution in [0.1, 0.15) is 36.8 Å². The Morgan fingerprint density at radius 1 is 1.15 bits per heavy atom. The maximum absolute atomic E-state index is 5.86. The second-order valence-electron chi connectivity index (χ2n) is 4.80. The number of nitrogens with zero attached hydrogens (tertiary/aromatic N) is 1. The van der Waals surface area contributed by atoms with Gasteiger partial charge in [0.05, 0.1) is 18.4 Å². The number of hydrogen-bond donors (Lipinski definition) is 1. The first-order valence-electron chi connectivity index (χ1n) is 7.10. The summed E-state index contributed by atoms with van der Waals surface area (Å²) in [5.74, 6) is 0. The summed E-state index contributed by atoms with van der Waals surface area (Å²) < 4.78 is 5.86. The Kier molecular flexibility index (Phi) is 5.71. The summed E-state index contributed by atoms with van der Waals surface area (Å²) in [6, 6.07) is 14.4. The standard InChI is InChI=1S/C17H22N2O/c1-3-18-11-15-9-10-17(19-12-15)13-20-14(2)16-7-5-4-6-8-16/h4-10,12,14,18H,3,11,13H2,1-2H3. The number of nitrogens with one attached hydrogen (secondary N) is 1. The Bertz CT molecular complexity index is 496. The lowest BCUT2D eigenvalue weighted by Crippen LogP contribution is -2.12. The van der Waals surface area contributed by atoms with Crippen LogP contribution in [-0.2, 0) is 17.9 Å². The second kappa shape index (κ2) is 7.78. The summed E-state index contributed by atoms with van der Waals surface area (Å²) in [6.45, 7) is 6.54. The van der Waals surface area contributed by atoms with E-state index in [9.17, 15) is 0 Å². The van der Waals surface area contributed by atoms with Gasteiger partial charge in [0.15, 0.2) is 0 Å². The van der Waals surface area contributed by atoms with Crippen molar-refractivity contribution in [1.29, 1.82) is 0 Å². The van der Waals surface area contributed by atoms with E-state index in [0.717, 1.165) is 18.8 Å². The van der Waals surface area contributed by atoms with E-state index in [-0.39, 0.29) is 6.10 Å². The highest BCUT2D eigenvalue weighted by molar-refractivity contribution is 5.17. The first-order valence-corrected chi connectivity index (χ1v) is 7.10. The summed E-state index contributed by atoms with van der Waals surface area (Å²) >= 11 is 0. The largest absolute Gasteiger partial charge is 0.368 e. The highest BCUT2D eigenvalue weighted by atomic mass is 16.5. The SMILES string of the molecule is CCNCc1ccc(COC(C)c2ccccc2)nc1. The molecule has 1 N–H and O–H groups in total. The minimum absolute atomic E-state index is 0.0828. The first kappa shape index (κ1) is 14.7. The van der Waals surface area contributed by atoms with Crippen LogP contribution >= 0.6 is 0 Å². The average Bonchev–Trinajstić information content (AvgIpc) is 2.52. The van der Waals surface area contributed by atoms with Gasteiger partial charge < -0.3 is 10.1 Å². The van der Waals surface area contributed by atoms with Crippen molar-refractivity contribution < 1.29 is 4.74 Å². The summed E-state index contributed by atoms with van der Waals surface area (Å²) in [6.07, 6.45) is 1.99. The van der Waals surface area contributed by atoms with Crippen LogP contribution in [0, 0.1) is 0 Å². The van der Waals surface area contributed by atoms with Crippen LogP contribution in [0.2, 0.25) is 0 Å². The van der Waals surface area contributed by atoms with Crippen molar-refractivity contribution in [3.8, 4) is 0 Å². The molecule has 0 spiro atoms. The number of ether oxygens (including phenoxy) is 1. The molecule has 3 nitrogen and oxygen atoms in total. The van der Waals surface area contributed by atoms with Crippen molar-refractivity contribution >= 4 is 0 Å². The molecule has 0 saturated carbocycles. The molecule has 1 atom stereocenters. The van der Waals surface area contributed by atoms with Crippen LogP contribution < -0.4 is 5.32 Å². The van der Waals surface area contributed by atoms with Crippen molar-refractivity contribution in [3.05, 3.63) is 65.5 Å². The van der Waals surface area contributed by atoms with Crippen LogP contribution in [0.3, 0.4) is 0 Å². The van der Waals surface area contributed by atoms with Gasteiger partial charge >= 0.3 is 0 Å². The van der Waals surface area contributed by atoms with Crippen LogP contribution in [0.15, 0.2) is 48.7 Å². The lowest BCUT2D eigenvalue weighted by molar-refractivity contribution is 0.0505. The van der Waals surface area contributed by atoms with Gasteiger partial charge in [-0.2, -0.15) is 0 Å². The van der Waals surface area contributed by atoms with Crippen LogP contribution in [0.25, 0.3) is 0 Å². The van der Waals surface area contributed by atoms with Crippen LogP contribution in [-0.4, -0.2) is 11.5 Å². The fraction of sp³-hybridized carbons (Fsp3) is 0.353. The fourth-order valence-electron chi connectivity index (χ4n) is 1.95. The third-order valence-electron chi connectivity index (χ3n) is 3.22. The molecule has 0 fully saturated rings. The molecular formula is C17H22N2O. The summed E-state index contributed by atoms with van der Waals surface area (Å²) in [7, 11) is 0. The highest BCUT2D eigenvalue weighted by Crippen LogP contribution is 2.17. The molecule has 1 unspecified atom stereocenters. The van der Waals surface area contributed by atoms with E-state index in [1.54, 1.807) is 0 Å². The van der Waals surface area contributed by atoms with Crippen molar-refractivity contribution in [3.63, 3.8) is 0 Å². The third kappa shape index (κ3) is 4.44. The van der Waals surface area contributed by atoms with Gasteiger partial charge in [0.25, 0.3) is 0 Å². The number of benzene rings is 1. The van der Waals surface area contributed by atoms with E-state index in [1.165, 1.54) is 11.1 Å². The molecule has 2 rings (SSSR count). The Morgan fingerprint density at radius 3 is 2.60 bits per heavy atom. The van der Waals surface area contributed by atoms with Gasteiger partial charge in [-0.3, -0.25) is 4.98 Å².